The second kappa shape index (κ2) is 7.76. The van der Waals surface area contributed by atoms with E-state index in [1.807, 2.05) is 36.4 Å². The molecule has 0 saturated heterocycles. The minimum absolute atomic E-state index is 0.0941. The second-order valence-corrected chi connectivity index (χ2v) is 6.44. The number of halogens is 1. The first-order valence-electron chi connectivity index (χ1n) is 8.58. The van der Waals surface area contributed by atoms with Gasteiger partial charge in [0.05, 0.1) is 18.7 Å². The van der Waals surface area contributed by atoms with Gasteiger partial charge >= 0.3 is 0 Å². The van der Waals surface area contributed by atoms with Gasteiger partial charge < -0.3 is 15.3 Å². The van der Waals surface area contributed by atoms with Gasteiger partial charge in [-0.3, -0.25) is 4.79 Å². The smallest absolute Gasteiger partial charge is 0.237 e. The third kappa shape index (κ3) is 3.89. The molecule has 0 radical (unpaired) electrons. The molecule has 25 heavy (non-hydrogen) atoms. The van der Waals surface area contributed by atoms with Crippen molar-refractivity contribution in [2.24, 2.45) is 0 Å². The first-order chi connectivity index (χ1) is 12.1. The lowest BCUT2D eigenvalue weighted by atomic mass is 9.87. The van der Waals surface area contributed by atoms with Gasteiger partial charge in [-0.2, -0.15) is 0 Å². The third-order valence-electron chi connectivity index (χ3n) is 4.50. The van der Waals surface area contributed by atoms with E-state index in [1.54, 1.807) is 17.9 Å². The number of fused-ring (bicyclic) bond motifs is 1. The predicted octanol–water partition coefficient (Wildman–Crippen LogP) is 2.27. The molecule has 0 spiro atoms. The van der Waals surface area contributed by atoms with Crippen molar-refractivity contribution >= 4 is 5.91 Å². The van der Waals surface area contributed by atoms with E-state index in [0.29, 0.717) is 25.1 Å². The SMILES string of the molecule is C[C@@H](O)CNCC(=O)N1CCc2cccc(F)c2C1c1ccccc1. The number of hydrogen-bond donors (Lipinski definition) is 2. The summed E-state index contributed by atoms with van der Waals surface area (Å²) < 4.78 is 14.6. The summed E-state index contributed by atoms with van der Waals surface area (Å²) in [5.41, 5.74) is 2.44. The van der Waals surface area contributed by atoms with Crippen LogP contribution in [0.25, 0.3) is 0 Å². The van der Waals surface area contributed by atoms with Crippen LogP contribution in [-0.4, -0.2) is 41.7 Å². The van der Waals surface area contributed by atoms with E-state index >= 15 is 0 Å². The molecule has 0 bridgehead atoms. The van der Waals surface area contributed by atoms with Crippen molar-refractivity contribution in [1.82, 2.24) is 10.2 Å². The Morgan fingerprint density at radius 1 is 1.28 bits per heavy atom. The Bertz CT molecular complexity index is 734. The summed E-state index contributed by atoms with van der Waals surface area (Å²) >= 11 is 0. The fourth-order valence-electron chi connectivity index (χ4n) is 3.37. The van der Waals surface area contributed by atoms with Crippen LogP contribution < -0.4 is 5.32 Å². The summed E-state index contributed by atoms with van der Waals surface area (Å²) in [6.07, 6.45) is 0.121. The fraction of sp³-hybridized carbons (Fsp3) is 0.350. The van der Waals surface area contributed by atoms with Gasteiger partial charge in [-0.05, 0) is 30.5 Å². The van der Waals surface area contributed by atoms with Crippen LogP contribution in [0, 0.1) is 5.82 Å². The molecule has 5 heteroatoms. The normalized spacial score (nSPS) is 17.9. The lowest BCUT2D eigenvalue weighted by molar-refractivity contribution is -0.132. The first kappa shape index (κ1) is 17.6. The van der Waals surface area contributed by atoms with E-state index in [-0.39, 0.29) is 18.3 Å². The maximum Gasteiger partial charge on any atom is 0.237 e. The summed E-state index contributed by atoms with van der Waals surface area (Å²) in [5.74, 6) is -0.371. The quantitative estimate of drug-likeness (QED) is 0.876. The maximum absolute atomic E-state index is 14.6. The summed E-state index contributed by atoms with van der Waals surface area (Å²) in [6, 6.07) is 14.2. The number of nitrogens with one attached hydrogen (secondary N) is 1. The first-order valence-corrected chi connectivity index (χ1v) is 8.58. The molecule has 1 aliphatic rings. The molecule has 2 atom stereocenters. The topological polar surface area (TPSA) is 52.6 Å². The zero-order chi connectivity index (χ0) is 17.8. The number of rotatable bonds is 5. The van der Waals surface area contributed by atoms with Crippen molar-refractivity contribution in [3.05, 3.63) is 71.0 Å². The number of carbonyl (C=O) groups excluding carboxylic acids is 1. The summed E-state index contributed by atoms with van der Waals surface area (Å²) in [6.45, 7) is 2.68. The minimum Gasteiger partial charge on any atom is -0.392 e. The van der Waals surface area contributed by atoms with E-state index in [2.05, 4.69) is 5.32 Å². The zero-order valence-corrected chi connectivity index (χ0v) is 14.3. The highest BCUT2D eigenvalue weighted by atomic mass is 19.1. The van der Waals surface area contributed by atoms with Crippen LogP contribution in [0.15, 0.2) is 48.5 Å². The second-order valence-electron chi connectivity index (χ2n) is 6.44. The molecule has 2 aromatic rings. The summed E-state index contributed by atoms with van der Waals surface area (Å²) in [4.78, 5) is 14.5. The molecule has 2 aromatic carbocycles. The lowest BCUT2D eigenvalue weighted by Gasteiger charge is -2.38. The highest BCUT2D eigenvalue weighted by Crippen LogP contribution is 2.36. The van der Waals surface area contributed by atoms with Crippen LogP contribution in [0.3, 0.4) is 0 Å². The van der Waals surface area contributed by atoms with Gasteiger partial charge in [0, 0.05) is 18.7 Å². The molecule has 1 heterocycles. The average molecular weight is 342 g/mol. The molecule has 4 nitrogen and oxygen atoms in total. The van der Waals surface area contributed by atoms with Crippen molar-refractivity contribution in [2.75, 3.05) is 19.6 Å². The molecule has 3 rings (SSSR count). The van der Waals surface area contributed by atoms with Crippen LogP contribution in [0.1, 0.15) is 29.7 Å². The molecule has 0 aromatic heterocycles. The molecule has 2 N–H and O–H groups in total. The van der Waals surface area contributed by atoms with E-state index in [1.165, 1.54) is 6.07 Å². The van der Waals surface area contributed by atoms with Crippen molar-refractivity contribution < 1.29 is 14.3 Å². The van der Waals surface area contributed by atoms with Gasteiger partial charge in [-0.15, -0.1) is 0 Å². The molecule has 0 saturated carbocycles. The third-order valence-corrected chi connectivity index (χ3v) is 4.50. The van der Waals surface area contributed by atoms with Gasteiger partial charge in [0.2, 0.25) is 5.91 Å². The molecular formula is C20H23FN2O2. The van der Waals surface area contributed by atoms with Gasteiger partial charge in [0.15, 0.2) is 0 Å². The van der Waals surface area contributed by atoms with Crippen LogP contribution >= 0.6 is 0 Å². The summed E-state index contributed by atoms with van der Waals surface area (Å²) in [5, 5.41) is 12.3. The molecule has 132 valence electrons. The molecule has 1 unspecified atom stereocenters. The Balaban J connectivity index is 1.92. The lowest BCUT2D eigenvalue weighted by Crippen LogP contribution is -2.45. The van der Waals surface area contributed by atoms with Crippen molar-refractivity contribution in [2.45, 2.75) is 25.5 Å². The Labute approximate surface area is 147 Å². The van der Waals surface area contributed by atoms with Gasteiger partial charge in [-0.1, -0.05) is 42.5 Å². The van der Waals surface area contributed by atoms with E-state index in [4.69, 9.17) is 0 Å². The van der Waals surface area contributed by atoms with Crippen LogP contribution in [0.5, 0.6) is 0 Å². The standard InChI is InChI=1S/C20H23FN2O2/c1-14(24)12-22-13-18(25)23-11-10-15-8-5-9-17(21)19(15)20(23)16-6-3-2-4-7-16/h2-9,14,20,22,24H,10-13H2,1H3/t14-,20?/m1/s1. The Hall–Kier alpha value is -2.24. The van der Waals surface area contributed by atoms with E-state index in [9.17, 15) is 14.3 Å². The Kier molecular flexibility index (Phi) is 5.46. The number of aliphatic hydroxyl groups is 1. The zero-order valence-electron chi connectivity index (χ0n) is 14.3. The van der Waals surface area contributed by atoms with Gasteiger partial charge in [-0.25, -0.2) is 4.39 Å². The van der Waals surface area contributed by atoms with E-state index < -0.39 is 12.1 Å². The number of benzene rings is 2. The molecule has 1 amide bonds. The van der Waals surface area contributed by atoms with Gasteiger partial charge in [0.25, 0.3) is 0 Å². The van der Waals surface area contributed by atoms with Crippen LogP contribution in [-0.2, 0) is 11.2 Å². The summed E-state index contributed by atoms with van der Waals surface area (Å²) in [7, 11) is 0. The number of amides is 1. The molecular weight excluding hydrogens is 319 g/mol. The highest BCUT2D eigenvalue weighted by Gasteiger charge is 2.33. The Morgan fingerprint density at radius 2 is 2.04 bits per heavy atom. The fourth-order valence-corrected chi connectivity index (χ4v) is 3.37. The number of hydrogen-bond acceptors (Lipinski definition) is 3. The average Bonchev–Trinajstić information content (AvgIpc) is 2.61. The highest BCUT2D eigenvalue weighted by molar-refractivity contribution is 5.79. The Morgan fingerprint density at radius 3 is 2.76 bits per heavy atom. The number of carbonyl (C=O) groups is 1. The van der Waals surface area contributed by atoms with Gasteiger partial charge in [0.1, 0.15) is 5.82 Å². The maximum atomic E-state index is 14.6. The van der Waals surface area contributed by atoms with Crippen molar-refractivity contribution in [3.8, 4) is 0 Å². The minimum atomic E-state index is -0.516. The molecule has 0 fully saturated rings. The van der Waals surface area contributed by atoms with Crippen molar-refractivity contribution in [3.63, 3.8) is 0 Å². The van der Waals surface area contributed by atoms with Crippen LogP contribution in [0.2, 0.25) is 0 Å². The molecule has 0 aliphatic carbocycles. The van der Waals surface area contributed by atoms with E-state index in [0.717, 1.165) is 11.1 Å². The van der Waals surface area contributed by atoms with Crippen molar-refractivity contribution in [1.29, 1.82) is 0 Å². The monoisotopic (exact) mass is 342 g/mol. The largest absolute Gasteiger partial charge is 0.392 e. The van der Waals surface area contributed by atoms with Crippen LogP contribution in [0.4, 0.5) is 4.39 Å². The molecule has 1 aliphatic heterocycles. The predicted molar refractivity (Wildman–Crippen MR) is 94.7 cm³/mol. The number of aliphatic hydroxyl groups excluding tert-OH is 1. The number of nitrogens with zero attached hydrogens (tertiary/aromatic N) is 1.